The molecule has 0 aliphatic heterocycles. The van der Waals surface area contributed by atoms with Gasteiger partial charge in [-0.1, -0.05) is 18.9 Å². The van der Waals surface area contributed by atoms with Crippen molar-refractivity contribution in [3.05, 3.63) is 29.3 Å². The molecule has 0 spiro atoms. The lowest BCUT2D eigenvalue weighted by atomic mass is 9.94. The second-order valence-corrected chi connectivity index (χ2v) is 6.05. The summed E-state index contributed by atoms with van der Waals surface area (Å²) in [5, 5.41) is 13.5. The molecule has 1 saturated carbocycles. The van der Waals surface area contributed by atoms with Crippen molar-refractivity contribution in [3.8, 4) is 6.07 Å². The molecule has 1 aromatic rings. The van der Waals surface area contributed by atoms with Crippen LogP contribution in [0.2, 0.25) is 0 Å². The normalized spacial score (nSPS) is 23.4. The summed E-state index contributed by atoms with van der Waals surface area (Å²) in [5.74, 6) is 0. The summed E-state index contributed by atoms with van der Waals surface area (Å²) in [6, 6.07) is 8.86. The van der Waals surface area contributed by atoms with Crippen LogP contribution in [0.3, 0.4) is 0 Å². The third-order valence-corrected chi connectivity index (χ3v) is 4.81. The van der Waals surface area contributed by atoms with Crippen LogP contribution in [0.5, 0.6) is 0 Å². The van der Waals surface area contributed by atoms with Crippen LogP contribution in [-0.2, 0) is 0 Å². The maximum Gasteiger partial charge on any atom is 0.101 e. The standard InChI is InChI=1S/C15H20N2S/c1-11-7-8-13(12(9-11)10-16)17-14-5-3-4-6-15(14)18-2/h7-9,14-15,17H,3-6H2,1-2H3. The minimum Gasteiger partial charge on any atom is -0.380 e. The number of nitriles is 1. The Morgan fingerprint density at radius 1 is 1.33 bits per heavy atom. The van der Waals surface area contributed by atoms with Crippen molar-refractivity contribution in [1.82, 2.24) is 0 Å². The summed E-state index contributed by atoms with van der Waals surface area (Å²) in [7, 11) is 0. The van der Waals surface area contributed by atoms with Gasteiger partial charge in [0.05, 0.1) is 11.3 Å². The van der Waals surface area contributed by atoms with Crippen molar-refractivity contribution in [2.75, 3.05) is 11.6 Å². The van der Waals surface area contributed by atoms with Crippen molar-refractivity contribution in [2.45, 2.75) is 43.9 Å². The first-order valence-corrected chi connectivity index (χ1v) is 7.83. The molecule has 3 heteroatoms. The number of rotatable bonds is 3. The fourth-order valence-electron chi connectivity index (χ4n) is 2.62. The minimum atomic E-state index is 0.503. The van der Waals surface area contributed by atoms with Crippen molar-refractivity contribution in [3.63, 3.8) is 0 Å². The molecule has 0 saturated heterocycles. The SMILES string of the molecule is CSC1CCCCC1Nc1ccc(C)cc1C#N. The maximum atomic E-state index is 9.20. The lowest BCUT2D eigenvalue weighted by molar-refractivity contribution is 0.475. The average molecular weight is 260 g/mol. The van der Waals surface area contributed by atoms with Crippen molar-refractivity contribution >= 4 is 17.4 Å². The monoisotopic (exact) mass is 260 g/mol. The third-order valence-electron chi connectivity index (χ3n) is 3.64. The van der Waals surface area contributed by atoms with E-state index >= 15 is 0 Å². The van der Waals surface area contributed by atoms with Gasteiger partial charge in [-0.15, -0.1) is 0 Å². The molecule has 0 aromatic heterocycles. The van der Waals surface area contributed by atoms with Gasteiger partial charge < -0.3 is 5.32 Å². The molecular weight excluding hydrogens is 240 g/mol. The van der Waals surface area contributed by atoms with Crippen LogP contribution >= 0.6 is 11.8 Å². The highest BCUT2D eigenvalue weighted by Gasteiger charge is 2.24. The zero-order valence-electron chi connectivity index (χ0n) is 11.1. The number of thioether (sulfide) groups is 1. The molecule has 1 N–H and O–H groups in total. The van der Waals surface area contributed by atoms with Crippen molar-refractivity contribution in [1.29, 1.82) is 5.26 Å². The molecule has 1 aliphatic carbocycles. The van der Waals surface area contributed by atoms with Gasteiger partial charge in [-0.05, 0) is 43.7 Å². The Labute approximate surface area is 114 Å². The molecule has 0 bridgehead atoms. The predicted octanol–water partition coefficient (Wildman–Crippen LogP) is 3.95. The van der Waals surface area contributed by atoms with Gasteiger partial charge in [-0.25, -0.2) is 0 Å². The Balaban J connectivity index is 2.15. The summed E-state index contributed by atoms with van der Waals surface area (Å²) in [6.45, 7) is 2.02. The Hall–Kier alpha value is -1.14. The number of benzene rings is 1. The molecule has 18 heavy (non-hydrogen) atoms. The van der Waals surface area contributed by atoms with Gasteiger partial charge in [0.15, 0.2) is 0 Å². The highest BCUT2D eigenvalue weighted by atomic mass is 32.2. The highest BCUT2D eigenvalue weighted by Crippen LogP contribution is 2.30. The highest BCUT2D eigenvalue weighted by molar-refractivity contribution is 7.99. The number of aryl methyl sites for hydroxylation is 1. The number of hydrogen-bond donors (Lipinski definition) is 1. The Morgan fingerprint density at radius 2 is 2.11 bits per heavy atom. The molecule has 1 fully saturated rings. The van der Waals surface area contributed by atoms with Gasteiger partial charge in [0, 0.05) is 11.3 Å². The first-order valence-electron chi connectivity index (χ1n) is 6.54. The predicted molar refractivity (Wildman–Crippen MR) is 79.1 cm³/mol. The number of nitrogens with zero attached hydrogens (tertiary/aromatic N) is 1. The lowest BCUT2D eigenvalue weighted by Crippen LogP contribution is -2.34. The van der Waals surface area contributed by atoms with E-state index in [2.05, 4.69) is 23.7 Å². The van der Waals surface area contributed by atoms with E-state index in [9.17, 15) is 5.26 Å². The maximum absolute atomic E-state index is 9.20. The van der Waals surface area contributed by atoms with E-state index in [1.165, 1.54) is 25.7 Å². The van der Waals surface area contributed by atoms with Crippen LogP contribution in [0.25, 0.3) is 0 Å². The molecule has 2 nitrogen and oxygen atoms in total. The molecular formula is C15H20N2S. The van der Waals surface area contributed by atoms with Crippen LogP contribution in [0.1, 0.15) is 36.8 Å². The third kappa shape index (κ3) is 3.00. The Bertz CT molecular complexity index is 450. The quantitative estimate of drug-likeness (QED) is 0.893. The lowest BCUT2D eigenvalue weighted by Gasteiger charge is -2.32. The first-order chi connectivity index (χ1) is 8.74. The number of anilines is 1. The summed E-state index contributed by atoms with van der Waals surface area (Å²) in [5.41, 5.74) is 2.90. The second kappa shape index (κ2) is 6.15. The summed E-state index contributed by atoms with van der Waals surface area (Å²) in [6.07, 6.45) is 7.31. The molecule has 2 atom stereocenters. The van der Waals surface area contributed by atoms with Gasteiger partial charge in [-0.3, -0.25) is 0 Å². The van der Waals surface area contributed by atoms with Crippen molar-refractivity contribution < 1.29 is 0 Å². The second-order valence-electron chi connectivity index (χ2n) is 4.97. The van der Waals surface area contributed by atoms with Crippen LogP contribution in [0, 0.1) is 18.3 Å². The van der Waals surface area contributed by atoms with Crippen molar-refractivity contribution in [2.24, 2.45) is 0 Å². The van der Waals surface area contributed by atoms with Crippen LogP contribution < -0.4 is 5.32 Å². The molecule has 0 heterocycles. The largest absolute Gasteiger partial charge is 0.380 e. The number of nitrogens with one attached hydrogen (secondary N) is 1. The smallest absolute Gasteiger partial charge is 0.101 e. The van der Waals surface area contributed by atoms with Crippen LogP contribution in [-0.4, -0.2) is 17.5 Å². The van der Waals surface area contributed by atoms with E-state index in [1.54, 1.807) is 0 Å². The molecule has 1 aromatic carbocycles. The van der Waals surface area contributed by atoms with Gasteiger partial charge in [0.1, 0.15) is 6.07 Å². The van der Waals surface area contributed by atoms with E-state index < -0.39 is 0 Å². The summed E-state index contributed by atoms with van der Waals surface area (Å²) >= 11 is 1.94. The van der Waals surface area contributed by atoms with Gasteiger partial charge in [-0.2, -0.15) is 17.0 Å². The first kappa shape index (κ1) is 13.3. The molecule has 0 radical (unpaired) electrons. The van der Waals surface area contributed by atoms with Gasteiger partial charge in [0.25, 0.3) is 0 Å². The van der Waals surface area contributed by atoms with E-state index in [-0.39, 0.29) is 0 Å². The molecule has 1 aliphatic rings. The van der Waals surface area contributed by atoms with Crippen LogP contribution in [0.4, 0.5) is 5.69 Å². The Kier molecular flexibility index (Phi) is 4.54. The van der Waals surface area contributed by atoms with E-state index in [0.717, 1.165) is 16.8 Å². The minimum absolute atomic E-state index is 0.503. The Morgan fingerprint density at radius 3 is 2.83 bits per heavy atom. The molecule has 2 unspecified atom stereocenters. The zero-order chi connectivity index (χ0) is 13.0. The molecule has 96 valence electrons. The fraction of sp³-hybridized carbons (Fsp3) is 0.533. The van der Waals surface area contributed by atoms with E-state index in [0.29, 0.717) is 11.3 Å². The summed E-state index contributed by atoms with van der Waals surface area (Å²) in [4.78, 5) is 0. The average Bonchev–Trinajstić information content (AvgIpc) is 2.41. The van der Waals surface area contributed by atoms with Crippen LogP contribution in [0.15, 0.2) is 18.2 Å². The topological polar surface area (TPSA) is 35.8 Å². The van der Waals surface area contributed by atoms with Gasteiger partial charge in [0.2, 0.25) is 0 Å². The number of hydrogen-bond acceptors (Lipinski definition) is 3. The zero-order valence-corrected chi connectivity index (χ0v) is 11.9. The van der Waals surface area contributed by atoms with Gasteiger partial charge >= 0.3 is 0 Å². The van der Waals surface area contributed by atoms with E-state index in [4.69, 9.17) is 0 Å². The summed E-state index contributed by atoms with van der Waals surface area (Å²) < 4.78 is 0. The molecule has 2 rings (SSSR count). The fourth-order valence-corrected chi connectivity index (χ4v) is 3.56. The van der Waals surface area contributed by atoms with E-state index in [1.807, 2.05) is 30.8 Å². The molecule has 0 amide bonds.